The molecular formula is C15H26IN3. The molecule has 1 rings (SSSR count). The van der Waals surface area contributed by atoms with Crippen LogP contribution in [0.1, 0.15) is 24.8 Å². The molecule has 19 heavy (non-hydrogen) atoms. The Labute approximate surface area is 134 Å². The Morgan fingerprint density at radius 3 is 2.00 bits per heavy atom. The third-order valence-corrected chi connectivity index (χ3v) is 3.02. The summed E-state index contributed by atoms with van der Waals surface area (Å²) in [5.41, 5.74) is 1.38. The number of rotatable bonds is 4. The summed E-state index contributed by atoms with van der Waals surface area (Å²) in [6.45, 7) is 3.06. The highest BCUT2D eigenvalue weighted by Crippen LogP contribution is 2.19. The molecule has 0 aromatic heterocycles. The van der Waals surface area contributed by atoms with Gasteiger partial charge in [0.2, 0.25) is 0 Å². The molecule has 1 atom stereocenters. The van der Waals surface area contributed by atoms with Crippen LogP contribution in [0.5, 0.6) is 0 Å². The summed E-state index contributed by atoms with van der Waals surface area (Å²) in [4.78, 5) is 8.85. The quantitative estimate of drug-likeness (QED) is 0.457. The van der Waals surface area contributed by atoms with E-state index in [4.69, 9.17) is 4.99 Å². The van der Waals surface area contributed by atoms with E-state index in [-0.39, 0.29) is 24.0 Å². The Morgan fingerprint density at radius 2 is 1.58 bits per heavy atom. The third-order valence-electron chi connectivity index (χ3n) is 3.02. The van der Waals surface area contributed by atoms with Crippen molar-refractivity contribution >= 4 is 29.9 Å². The molecule has 0 aliphatic rings. The highest BCUT2D eigenvalue weighted by molar-refractivity contribution is 14.0. The third kappa shape index (κ3) is 5.80. The van der Waals surface area contributed by atoms with Gasteiger partial charge in [-0.3, -0.25) is 4.99 Å². The van der Waals surface area contributed by atoms with Gasteiger partial charge in [0, 0.05) is 40.7 Å². The molecule has 0 amide bonds. The molecule has 0 saturated carbocycles. The lowest BCUT2D eigenvalue weighted by atomic mass is 9.97. The molecule has 0 aliphatic carbocycles. The Balaban J connectivity index is 0.00000324. The van der Waals surface area contributed by atoms with Crippen molar-refractivity contribution < 1.29 is 0 Å². The van der Waals surface area contributed by atoms with Crippen molar-refractivity contribution in [2.45, 2.75) is 19.3 Å². The molecule has 0 saturated heterocycles. The molecule has 0 radical (unpaired) electrons. The number of benzene rings is 1. The standard InChI is InChI=1S/C15H25N3.HI/c1-6-13(14-10-8-7-9-11-14)12-16-15(17(2)3)18(4)5;/h7-11,13H,6,12H2,1-5H3;1H. The van der Waals surface area contributed by atoms with Gasteiger partial charge in [-0.1, -0.05) is 37.3 Å². The Morgan fingerprint density at radius 1 is 1.05 bits per heavy atom. The van der Waals surface area contributed by atoms with Crippen LogP contribution in [0.3, 0.4) is 0 Å². The molecule has 4 heteroatoms. The maximum absolute atomic E-state index is 4.74. The van der Waals surface area contributed by atoms with Crippen molar-refractivity contribution in [1.29, 1.82) is 0 Å². The highest BCUT2D eigenvalue weighted by atomic mass is 127. The smallest absolute Gasteiger partial charge is 0.195 e. The van der Waals surface area contributed by atoms with Gasteiger partial charge in [-0.25, -0.2) is 0 Å². The van der Waals surface area contributed by atoms with E-state index in [1.807, 2.05) is 28.2 Å². The van der Waals surface area contributed by atoms with Crippen molar-refractivity contribution in [3.63, 3.8) is 0 Å². The minimum Gasteiger partial charge on any atom is -0.349 e. The molecule has 0 N–H and O–H groups in total. The van der Waals surface area contributed by atoms with E-state index in [1.54, 1.807) is 0 Å². The fourth-order valence-corrected chi connectivity index (χ4v) is 2.07. The number of hydrogen-bond donors (Lipinski definition) is 0. The first kappa shape index (κ1) is 18.2. The van der Waals surface area contributed by atoms with E-state index in [0.717, 1.165) is 18.9 Å². The monoisotopic (exact) mass is 375 g/mol. The van der Waals surface area contributed by atoms with Crippen molar-refractivity contribution in [3.05, 3.63) is 35.9 Å². The van der Waals surface area contributed by atoms with E-state index < -0.39 is 0 Å². The maximum Gasteiger partial charge on any atom is 0.195 e. The molecule has 1 aromatic rings. The van der Waals surface area contributed by atoms with Crippen LogP contribution in [-0.2, 0) is 0 Å². The van der Waals surface area contributed by atoms with Gasteiger partial charge in [-0.2, -0.15) is 0 Å². The zero-order valence-electron chi connectivity index (χ0n) is 12.6. The SMILES string of the molecule is CCC(CN=C(N(C)C)N(C)C)c1ccccc1.I. The summed E-state index contributed by atoms with van der Waals surface area (Å²) in [6.07, 6.45) is 1.11. The molecule has 108 valence electrons. The second kappa shape index (κ2) is 9.18. The molecule has 0 heterocycles. The number of hydrogen-bond acceptors (Lipinski definition) is 1. The second-order valence-corrected chi connectivity index (χ2v) is 4.95. The van der Waals surface area contributed by atoms with E-state index in [9.17, 15) is 0 Å². The molecule has 3 nitrogen and oxygen atoms in total. The van der Waals surface area contributed by atoms with Gasteiger partial charge in [0.15, 0.2) is 5.96 Å². The largest absolute Gasteiger partial charge is 0.349 e. The van der Waals surface area contributed by atoms with Crippen molar-refractivity contribution in [3.8, 4) is 0 Å². The van der Waals surface area contributed by atoms with Crippen LogP contribution >= 0.6 is 24.0 Å². The van der Waals surface area contributed by atoms with E-state index in [1.165, 1.54) is 5.56 Å². The number of guanidine groups is 1. The van der Waals surface area contributed by atoms with Gasteiger partial charge in [-0.15, -0.1) is 24.0 Å². The Kier molecular flexibility index (Phi) is 8.80. The normalized spacial score (nSPS) is 11.2. The predicted octanol–water partition coefficient (Wildman–Crippen LogP) is 3.28. The maximum atomic E-state index is 4.74. The average molecular weight is 375 g/mol. The van der Waals surface area contributed by atoms with E-state index in [0.29, 0.717) is 5.92 Å². The Bertz CT molecular complexity index is 364. The van der Waals surface area contributed by atoms with Gasteiger partial charge >= 0.3 is 0 Å². The summed E-state index contributed by atoms with van der Waals surface area (Å²) >= 11 is 0. The molecular weight excluding hydrogens is 349 g/mol. The van der Waals surface area contributed by atoms with Crippen LogP contribution in [0.25, 0.3) is 0 Å². The number of aliphatic imine (C=N–C) groups is 1. The van der Waals surface area contributed by atoms with Crippen LogP contribution in [0.4, 0.5) is 0 Å². The fourth-order valence-electron chi connectivity index (χ4n) is 2.07. The van der Waals surface area contributed by atoms with Crippen LogP contribution in [0.15, 0.2) is 35.3 Å². The summed E-state index contributed by atoms with van der Waals surface area (Å²) in [6, 6.07) is 10.6. The first-order valence-corrected chi connectivity index (χ1v) is 6.50. The molecule has 0 aliphatic heterocycles. The van der Waals surface area contributed by atoms with Gasteiger partial charge in [0.1, 0.15) is 0 Å². The molecule has 1 aromatic carbocycles. The van der Waals surface area contributed by atoms with Crippen LogP contribution < -0.4 is 0 Å². The van der Waals surface area contributed by atoms with Gasteiger partial charge < -0.3 is 9.80 Å². The van der Waals surface area contributed by atoms with Gasteiger partial charge in [0.25, 0.3) is 0 Å². The minimum atomic E-state index is 0. The van der Waals surface area contributed by atoms with Crippen molar-refractivity contribution in [1.82, 2.24) is 9.80 Å². The fraction of sp³-hybridized carbons (Fsp3) is 0.533. The van der Waals surface area contributed by atoms with Crippen LogP contribution in [0.2, 0.25) is 0 Å². The second-order valence-electron chi connectivity index (χ2n) is 4.95. The molecule has 1 unspecified atom stereocenters. The zero-order chi connectivity index (χ0) is 13.5. The predicted molar refractivity (Wildman–Crippen MR) is 94.6 cm³/mol. The van der Waals surface area contributed by atoms with Crippen molar-refractivity contribution in [2.75, 3.05) is 34.7 Å². The lowest BCUT2D eigenvalue weighted by Crippen LogP contribution is -2.35. The van der Waals surface area contributed by atoms with Crippen molar-refractivity contribution in [2.24, 2.45) is 4.99 Å². The Hall–Kier alpha value is -0.780. The zero-order valence-corrected chi connectivity index (χ0v) is 15.0. The van der Waals surface area contributed by atoms with E-state index >= 15 is 0 Å². The first-order chi connectivity index (χ1) is 8.56. The first-order valence-electron chi connectivity index (χ1n) is 6.50. The molecule has 0 spiro atoms. The summed E-state index contributed by atoms with van der Waals surface area (Å²) in [5.74, 6) is 1.52. The summed E-state index contributed by atoms with van der Waals surface area (Å²) < 4.78 is 0. The topological polar surface area (TPSA) is 18.8 Å². The van der Waals surface area contributed by atoms with E-state index in [2.05, 4.69) is 47.1 Å². The lowest BCUT2D eigenvalue weighted by Gasteiger charge is -2.23. The summed E-state index contributed by atoms with van der Waals surface area (Å²) in [5, 5.41) is 0. The molecule has 0 fully saturated rings. The lowest BCUT2D eigenvalue weighted by molar-refractivity contribution is 0.476. The number of nitrogens with zero attached hydrogens (tertiary/aromatic N) is 3. The van der Waals surface area contributed by atoms with Gasteiger partial charge in [0.05, 0.1) is 0 Å². The minimum absolute atomic E-state index is 0. The van der Waals surface area contributed by atoms with Crippen LogP contribution in [0, 0.1) is 0 Å². The molecule has 0 bridgehead atoms. The highest BCUT2D eigenvalue weighted by Gasteiger charge is 2.10. The number of halogens is 1. The van der Waals surface area contributed by atoms with Gasteiger partial charge in [-0.05, 0) is 12.0 Å². The average Bonchev–Trinajstić information content (AvgIpc) is 2.34. The van der Waals surface area contributed by atoms with Crippen LogP contribution in [-0.4, -0.2) is 50.5 Å². The summed E-state index contributed by atoms with van der Waals surface area (Å²) in [7, 11) is 8.12.